The van der Waals surface area contributed by atoms with Crippen LogP contribution >= 0.6 is 0 Å². The number of hydrogen-bond donors (Lipinski definition) is 3. The summed E-state index contributed by atoms with van der Waals surface area (Å²) in [6, 6.07) is 11.2. The molecule has 2 heterocycles. The van der Waals surface area contributed by atoms with Crippen molar-refractivity contribution in [3.05, 3.63) is 88.5 Å². The van der Waals surface area contributed by atoms with Gasteiger partial charge in [-0.25, -0.2) is 4.39 Å². The lowest BCUT2D eigenvalue weighted by Crippen LogP contribution is -2.49. The molecule has 0 bridgehead atoms. The number of nitrogens with zero attached hydrogens (tertiary/aromatic N) is 2. The van der Waals surface area contributed by atoms with Gasteiger partial charge in [0.15, 0.2) is 11.5 Å². The zero-order valence-corrected chi connectivity index (χ0v) is 23.7. The van der Waals surface area contributed by atoms with Crippen LogP contribution in [-0.4, -0.2) is 67.3 Å². The summed E-state index contributed by atoms with van der Waals surface area (Å²) in [5, 5.41) is 17.1. The molecular weight excluding hydrogens is 523 g/mol. The molecule has 3 N–H and O–H groups in total. The molecule has 1 aliphatic carbocycles. The maximum atomic E-state index is 14.7. The largest absolute Gasteiger partial charge is 0.502 e. The van der Waals surface area contributed by atoms with E-state index in [9.17, 15) is 14.3 Å². The molecule has 1 aromatic heterocycles. The van der Waals surface area contributed by atoms with Crippen LogP contribution in [0.15, 0.2) is 60.4 Å². The normalized spacial score (nSPS) is 18.5. The lowest BCUT2D eigenvalue weighted by Gasteiger charge is -2.25. The number of amides is 1. The number of aromatic nitrogens is 1. The SMILES string of the molecule is COc1cc(C=C2C(C)=C(C(NC3CCN(C)C3)C(=O)NCc3cccnc3)c3cc(F)ccc32)cc(OC)c1O. The predicted molar refractivity (Wildman–Crippen MR) is 157 cm³/mol. The van der Waals surface area contributed by atoms with Gasteiger partial charge in [-0.1, -0.05) is 12.1 Å². The Balaban J connectivity index is 1.59. The number of likely N-dealkylation sites (N-methyl/N-ethyl adjacent to an activating group) is 1. The van der Waals surface area contributed by atoms with Crippen LogP contribution in [0.25, 0.3) is 17.2 Å². The number of phenols is 1. The average Bonchev–Trinajstić information content (AvgIpc) is 3.50. The number of allylic oxidation sites excluding steroid dienone is 2. The van der Waals surface area contributed by atoms with Gasteiger partial charge in [0.25, 0.3) is 0 Å². The highest BCUT2D eigenvalue weighted by atomic mass is 19.1. The average molecular weight is 559 g/mol. The highest BCUT2D eigenvalue weighted by molar-refractivity contribution is 6.11. The number of benzene rings is 2. The summed E-state index contributed by atoms with van der Waals surface area (Å²) in [5.74, 6) is -0.110. The number of ether oxygens (including phenoxy) is 2. The molecule has 2 aliphatic rings. The van der Waals surface area contributed by atoms with E-state index in [0.717, 1.165) is 52.9 Å². The van der Waals surface area contributed by atoms with Crippen molar-refractivity contribution in [2.24, 2.45) is 0 Å². The lowest BCUT2D eigenvalue weighted by molar-refractivity contribution is -0.122. The lowest BCUT2D eigenvalue weighted by atomic mass is 9.96. The number of aromatic hydroxyl groups is 1. The summed E-state index contributed by atoms with van der Waals surface area (Å²) < 4.78 is 25.4. The van der Waals surface area contributed by atoms with Gasteiger partial charge < -0.3 is 24.8 Å². The van der Waals surface area contributed by atoms with E-state index in [1.807, 2.05) is 25.1 Å². The number of carbonyl (C=O) groups is 1. The number of pyridine rings is 1. The highest BCUT2D eigenvalue weighted by Gasteiger charge is 2.35. The minimum absolute atomic E-state index is 0.0879. The topological polar surface area (TPSA) is 96.0 Å². The van der Waals surface area contributed by atoms with E-state index in [2.05, 4.69) is 27.6 Å². The third kappa shape index (κ3) is 5.96. The summed E-state index contributed by atoms with van der Waals surface area (Å²) in [4.78, 5) is 20.2. The van der Waals surface area contributed by atoms with E-state index in [4.69, 9.17) is 9.47 Å². The van der Waals surface area contributed by atoms with E-state index in [0.29, 0.717) is 12.1 Å². The minimum Gasteiger partial charge on any atom is -0.502 e. The number of fused-ring (bicyclic) bond motifs is 1. The van der Waals surface area contributed by atoms with E-state index < -0.39 is 6.04 Å². The monoisotopic (exact) mass is 558 g/mol. The molecule has 5 rings (SSSR count). The van der Waals surface area contributed by atoms with Crippen LogP contribution in [0, 0.1) is 5.82 Å². The minimum atomic E-state index is -0.710. The van der Waals surface area contributed by atoms with Crippen LogP contribution in [-0.2, 0) is 11.3 Å². The second kappa shape index (κ2) is 12.1. The molecule has 2 atom stereocenters. The fourth-order valence-electron chi connectivity index (χ4n) is 5.64. The van der Waals surface area contributed by atoms with Gasteiger partial charge >= 0.3 is 0 Å². The Morgan fingerprint density at radius 2 is 1.95 bits per heavy atom. The molecule has 2 aromatic carbocycles. The van der Waals surface area contributed by atoms with Crippen LogP contribution in [0.2, 0.25) is 0 Å². The molecule has 8 nitrogen and oxygen atoms in total. The molecule has 214 valence electrons. The van der Waals surface area contributed by atoms with Gasteiger partial charge in [-0.2, -0.15) is 0 Å². The molecule has 1 amide bonds. The summed E-state index contributed by atoms with van der Waals surface area (Å²) in [7, 11) is 5.01. The zero-order valence-electron chi connectivity index (χ0n) is 23.7. The quantitative estimate of drug-likeness (QED) is 0.361. The fourth-order valence-corrected chi connectivity index (χ4v) is 5.64. The van der Waals surface area contributed by atoms with Gasteiger partial charge in [-0.3, -0.25) is 15.1 Å². The zero-order chi connectivity index (χ0) is 29.1. The molecule has 41 heavy (non-hydrogen) atoms. The molecule has 1 saturated heterocycles. The van der Waals surface area contributed by atoms with E-state index in [1.165, 1.54) is 26.4 Å². The number of hydrogen-bond acceptors (Lipinski definition) is 7. The number of carbonyl (C=O) groups excluding carboxylic acids is 1. The van der Waals surface area contributed by atoms with Crippen LogP contribution in [0.3, 0.4) is 0 Å². The third-order valence-corrected chi connectivity index (χ3v) is 7.72. The Bertz CT molecular complexity index is 1480. The first kappa shape index (κ1) is 28.3. The predicted octanol–water partition coefficient (Wildman–Crippen LogP) is 4.25. The smallest absolute Gasteiger partial charge is 0.242 e. The van der Waals surface area contributed by atoms with E-state index in [-0.39, 0.29) is 35.0 Å². The first-order valence-electron chi connectivity index (χ1n) is 13.6. The van der Waals surface area contributed by atoms with Crippen molar-refractivity contribution in [1.82, 2.24) is 20.5 Å². The van der Waals surface area contributed by atoms with Crippen LogP contribution in [0.4, 0.5) is 4.39 Å². The van der Waals surface area contributed by atoms with Gasteiger partial charge in [0.05, 0.1) is 14.2 Å². The van der Waals surface area contributed by atoms with Crippen molar-refractivity contribution in [3.63, 3.8) is 0 Å². The van der Waals surface area contributed by atoms with Crippen LogP contribution < -0.4 is 20.1 Å². The summed E-state index contributed by atoms with van der Waals surface area (Å²) in [6.45, 7) is 4.02. The molecule has 0 radical (unpaired) electrons. The number of nitrogens with one attached hydrogen (secondary N) is 2. The second-order valence-corrected chi connectivity index (χ2v) is 10.5. The summed E-state index contributed by atoms with van der Waals surface area (Å²) >= 11 is 0. The summed E-state index contributed by atoms with van der Waals surface area (Å²) in [5.41, 5.74) is 5.55. The Labute approximate surface area is 239 Å². The van der Waals surface area contributed by atoms with Crippen LogP contribution in [0.5, 0.6) is 17.2 Å². The number of methoxy groups -OCH3 is 2. The Kier molecular flexibility index (Phi) is 8.37. The first-order valence-corrected chi connectivity index (χ1v) is 13.6. The first-order chi connectivity index (χ1) is 19.8. The second-order valence-electron chi connectivity index (χ2n) is 10.5. The van der Waals surface area contributed by atoms with Crippen molar-refractivity contribution in [2.45, 2.75) is 32.0 Å². The molecule has 1 fully saturated rings. The van der Waals surface area contributed by atoms with Crippen molar-refractivity contribution < 1.29 is 23.8 Å². The number of halogens is 1. The molecular formula is C32H35FN4O4. The third-order valence-electron chi connectivity index (χ3n) is 7.72. The van der Waals surface area contributed by atoms with Gasteiger partial charge in [0.1, 0.15) is 11.9 Å². The van der Waals surface area contributed by atoms with Gasteiger partial charge in [-0.05, 0) is 102 Å². The van der Waals surface area contributed by atoms with Crippen LogP contribution in [0.1, 0.15) is 35.6 Å². The van der Waals surface area contributed by atoms with Gasteiger partial charge in [0.2, 0.25) is 11.7 Å². The fraction of sp³-hybridized carbons (Fsp3) is 0.312. The Morgan fingerprint density at radius 3 is 2.59 bits per heavy atom. The van der Waals surface area contributed by atoms with E-state index >= 15 is 0 Å². The Hall–Kier alpha value is -4.21. The summed E-state index contributed by atoms with van der Waals surface area (Å²) in [6.07, 6.45) is 6.26. The van der Waals surface area contributed by atoms with Crippen molar-refractivity contribution in [2.75, 3.05) is 34.4 Å². The van der Waals surface area contributed by atoms with Gasteiger partial charge in [0, 0.05) is 31.5 Å². The highest BCUT2D eigenvalue weighted by Crippen LogP contribution is 2.45. The molecule has 1 aliphatic heterocycles. The van der Waals surface area contributed by atoms with E-state index in [1.54, 1.807) is 30.6 Å². The molecule has 2 unspecified atom stereocenters. The molecule has 3 aromatic rings. The standard InChI is InChI=1S/C32H35FN4O4/c1-19-25(12-21-13-27(40-3)31(38)28(14-21)41-4)24-8-7-22(33)15-26(24)29(19)30(36-23-9-11-37(2)18-23)32(39)35-17-20-6-5-10-34-16-20/h5-8,10,12-16,23,30,36,38H,9,11,17-18H2,1-4H3,(H,35,39). The van der Waals surface area contributed by atoms with Gasteiger partial charge in [-0.15, -0.1) is 0 Å². The molecule has 0 saturated carbocycles. The van der Waals surface area contributed by atoms with Crippen molar-refractivity contribution in [3.8, 4) is 17.2 Å². The Morgan fingerprint density at radius 1 is 1.20 bits per heavy atom. The van der Waals surface area contributed by atoms with Crippen molar-refractivity contribution >= 4 is 23.1 Å². The van der Waals surface area contributed by atoms with Crippen molar-refractivity contribution in [1.29, 1.82) is 0 Å². The maximum Gasteiger partial charge on any atom is 0.242 e. The molecule has 0 spiro atoms. The number of rotatable bonds is 9. The number of likely N-dealkylation sites (tertiary alicyclic amines) is 1. The number of phenolic OH excluding ortho intramolecular Hbond substituents is 1. The maximum absolute atomic E-state index is 14.7. The molecule has 9 heteroatoms.